The van der Waals surface area contributed by atoms with E-state index in [1.165, 1.54) is 13.3 Å². The lowest BCUT2D eigenvalue weighted by Crippen LogP contribution is -2.45. The molecule has 0 unspecified atom stereocenters. The van der Waals surface area contributed by atoms with Crippen molar-refractivity contribution in [2.45, 2.75) is 51.9 Å². The van der Waals surface area contributed by atoms with Crippen molar-refractivity contribution >= 4 is 34.4 Å². The van der Waals surface area contributed by atoms with E-state index < -0.39 is 17.8 Å². The molecule has 41 heavy (non-hydrogen) atoms. The number of methoxy groups -OCH3 is 1. The first kappa shape index (κ1) is 30.0. The maximum Gasteiger partial charge on any atom is 0.410 e. The fraction of sp³-hybridized carbons (Fsp3) is 0.303. The molecule has 214 valence electrons. The van der Waals surface area contributed by atoms with Crippen molar-refractivity contribution in [1.82, 2.24) is 9.88 Å². The number of fused-ring (bicyclic) bond motifs is 1. The molecule has 0 aliphatic carbocycles. The van der Waals surface area contributed by atoms with Crippen LogP contribution >= 0.6 is 11.6 Å². The number of aliphatic hydroxyl groups is 1. The number of esters is 1. The second-order valence-corrected chi connectivity index (χ2v) is 11.4. The van der Waals surface area contributed by atoms with Crippen molar-refractivity contribution < 1.29 is 24.2 Å². The summed E-state index contributed by atoms with van der Waals surface area (Å²) < 4.78 is 10.6. The molecular weight excluding hydrogens is 540 g/mol. The third-order valence-corrected chi connectivity index (χ3v) is 7.01. The van der Waals surface area contributed by atoms with Gasteiger partial charge in [0.2, 0.25) is 0 Å². The Morgan fingerprint density at radius 2 is 1.66 bits per heavy atom. The summed E-state index contributed by atoms with van der Waals surface area (Å²) in [6.45, 7) is 7.41. The predicted molar refractivity (Wildman–Crippen MR) is 161 cm³/mol. The molecule has 0 saturated carbocycles. The van der Waals surface area contributed by atoms with Crippen LogP contribution < -0.4 is 0 Å². The maximum absolute atomic E-state index is 13.2. The molecule has 0 fully saturated rings. The first-order valence-corrected chi connectivity index (χ1v) is 13.8. The van der Waals surface area contributed by atoms with E-state index in [2.05, 4.69) is 4.98 Å². The molecular formula is C33H35ClN2O5. The minimum atomic E-state index is -0.960. The van der Waals surface area contributed by atoms with Crippen molar-refractivity contribution in [3.8, 4) is 11.1 Å². The number of carbonyl (C=O) groups is 2. The van der Waals surface area contributed by atoms with Crippen LogP contribution in [0.15, 0.2) is 79.0 Å². The monoisotopic (exact) mass is 574 g/mol. The number of nitrogens with zero attached hydrogens (tertiary/aromatic N) is 2. The Morgan fingerprint density at radius 1 is 0.976 bits per heavy atom. The quantitative estimate of drug-likeness (QED) is 0.176. The number of halogens is 1. The van der Waals surface area contributed by atoms with Crippen LogP contribution in [0.1, 0.15) is 55.3 Å². The molecule has 1 aromatic heterocycles. The number of rotatable bonds is 8. The minimum absolute atomic E-state index is 0.0377. The Labute approximate surface area is 245 Å². The lowest BCUT2D eigenvalue weighted by Gasteiger charge is -2.33. The highest BCUT2D eigenvalue weighted by Crippen LogP contribution is 2.32. The number of hydrogen-bond donors (Lipinski definition) is 1. The second kappa shape index (κ2) is 12.7. The van der Waals surface area contributed by atoms with E-state index in [0.717, 1.165) is 27.5 Å². The molecule has 4 rings (SSSR count). The standard InChI is InChI=1S/C33H35ClN2O5/c1-21(36(32(39)41-33(2,3)4)20-29(37)24-14-17-30(34)35-19-24)18-22-10-12-23(13-11-22)25-15-16-28(31(38)40-5)27-9-7-6-8-26(25)27/h6-17,19,21,29,37H,18,20H2,1-5H3/t21-,29+/m1/s1. The molecule has 0 bridgehead atoms. The zero-order valence-corrected chi connectivity index (χ0v) is 24.7. The molecule has 1 N–H and O–H groups in total. The van der Waals surface area contributed by atoms with E-state index in [1.54, 1.807) is 23.1 Å². The summed E-state index contributed by atoms with van der Waals surface area (Å²) in [5.41, 5.74) is 3.43. The van der Waals surface area contributed by atoms with Gasteiger partial charge in [-0.05, 0) is 73.7 Å². The largest absolute Gasteiger partial charge is 0.465 e. The van der Waals surface area contributed by atoms with Crippen LogP contribution in [0.2, 0.25) is 5.15 Å². The van der Waals surface area contributed by atoms with Crippen LogP contribution in [0.4, 0.5) is 4.79 Å². The van der Waals surface area contributed by atoms with Gasteiger partial charge in [0, 0.05) is 17.8 Å². The Balaban J connectivity index is 1.56. The number of pyridine rings is 1. The van der Waals surface area contributed by atoms with E-state index in [0.29, 0.717) is 22.7 Å². The van der Waals surface area contributed by atoms with Crippen molar-refractivity contribution in [3.63, 3.8) is 0 Å². The highest BCUT2D eigenvalue weighted by molar-refractivity contribution is 6.29. The third kappa shape index (κ3) is 7.43. The van der Waals surface area contributed by atoms with Crippen LogP contribution in [0.3, 0.4) is 0 Å². The van der Waals surface area contributed by atoms with Gasteiger partial charge < -0.3 is 19.5 Å². The first-order chi connectivity index (χ1) is 19.5. The summed E-state index contributed by atoms with van der Waals surface area (Å²) in [5, 5.41) is 13.0. The highest BCUT2D eigenvalue weighted by Gasteiger charge is 2.28. The van der Waals surface area contributed by atoms with Gasteiger partial charge in [-0.2, -0.15) is 0 Å². The van der Waals surface area contributed by atoms with Crippen LogP contribution in [-0.4, -0.2) is 52.4 Å². The Morgan fingerprint density at radius 3 is 2.27 bits per heavy atom. The van der Waals surface area contributed by atoms with E-state index in [-0.39, 0.29) is 18.6 Å². The first-order valence-electron chi connectivity index (χ1n) is 13.5. The Hall–Kier alpha value is -3.94. The molecule has 0 spiro atoms. The molecule has 0 aliphatic heterocycles. The number of aromatic nitrogens is 1. The van der Waals surface area contributed by atoms with Crippen molar-refractivity contribution in [2.24, 2.45) is 0 Å². The highest BCUT2D eigenvalue weighted by atomic mass is 35.5. The van der Waals surface area contributed by atoms with Crippen molar-refractivity contribution in [1.29, 1.82) is 0 Å². The van der Waals surface area contributed by atoms with Crippen LogP contribution in [-0.2, 0) is 15.9 Å². The van der Waals surface area contributed by atoms with E-state index in [1.807, 2.05) is 82.3 Å². The molecule has 3 aromatic carbocycles. The maximum atomic E-state index is 13.2. The third-order valence-electron chi connectivity index (χ3n) is 6.79. The molecule has 1 heterocycles. The van der Waals surface area contributed by atoms with E-state index in [9.17, 15) is 14.7 Å². The van der Waals surface area contributed by atoms with Crippen LogP contribution in [0, 0.1) is 0 Å². The van der Waals surface area contributed by atoms with E-state index in [4.69, 9.17) is 21.1 Å². The fourth-order valence-electron chi connectivity index (χ4n) is 4.74. The Bertz CT molecular complexity index is 1510. The van der Waals surface area contributed by atoms with Gasteiger partial charge in [-0.1, -0.05) is 72.3 Å². The van der Waals surface area contributed by atoms with Gasteiger partial charge in [0.15, 0.2) is 0 Å². The molecule has 1 amide bonds. The summed E-state index contributed by atoms with van der Waals surface area (Å²) in [5.74, 6) is -0.371. The van der Waals surface area contributed by atoms with Gasteiger partial charge in [-0.3, -0.25) is 0 Å². The van der Waals surface area contributed by atoms with Crippen LogP contribution in [0.25, 0.3) is 21.9 Å². The molecule has 0 aliphatic rings. The minimum Gasteiger partial charge on any atom is -0.465 e. The summed E-state index contributed by atoms with van der Waals surface area (Å²) in [4.78, 5) is 31.1. The molecule has 0 radical (unpaired) electrons. The second-order valence-electron chi connectivity index (χ2n) is 11.0. The summed E-state index contributed by atoms with van der Waals surface area (Å²) in [6, 6.07) is 22.6. The van der Waals surface area contributed by atoms with E-state index >= 15 is 0 Å². The van der Waals surface area contributed by atoms with Gasteiger partial charge >= 0.3 is 12.1 Å². The average molecular weight is 575 g/mol. The number of ether oxygens (including phenoxy) is 2. The number of aliphatic hydroxyl groups excluding tert-OH is 1. The van der Waals surface area contributed by atoms with Gasteiger partial charge in [-0.15, -0.1) is 0 Å². The SMILES string of the molecule is COC(=O)c1ccc(-c2ccc(C[C@@H](C)N(C[C@H](O)c3ccc(Cl)nc3)C(=O)OC(C)(C)C)cc2)c2ccccc12. The molecule has 4 aromatic rings. The lowest BCUT2D eigenvalue weighted by atomic mass is 9.94. The topological polar surface area (TPSA) is 89.0 Å². The smallest absolute Gasteiger partial charge is 0.410 e. The van der Waals surface area contributed by atoms with Gasteiger partial charge in [-0.25, -0.2) is 14.6 Å². The zero-order chi connectivity index (χ0) is 29.7. The van der Waals surface area contributed by atoms with Gasteiger partial charge in [0.25, 0.3) is 0 Å². The molecule has 2 atom stereocenters. The fourth-order valence-corrected chi connectivity index (χ4v) is 4.85. The molecule has 8 heteroatoms. The van der Waals surface area contributed by atoms with Crippen LogP contribution in [0.5, 0.6) is 0 Å². The normalized spacial score (nSPS) is 13.0. The van der Waals surface area contributed by atoms with Crippen molar-refractivity contribution in [2.75, 3.05) is 13.7 Å². The predicted octanol–water partition coefficient (Wildman–Crippen LogP) is 7.24. The number of amides is 1. The summed E-state index contributed by atoms with van der Waals surface area (Å²) >= 11 is 5.89. The summed E-state index contributed by atoms with van der Waals surface area (Å²) in [7, 11) is 1.38. The lowest BCUT2D eigenvalue weighted by molar-refractivity contribution is 0.00543. The molecule has 0 saturated heterocycles. The number of carbonyl (C=O) groups excluding carboxylic acids is 2. The molecule has 7 nitrogen and oxygen atoms in total. The zero-order valence-electron chi connectivity index (χ0n) is 23.9. The van der Waals surface area contributed by atoms with Gasteiger partial charge in [0.05, 0.1) is 25.3 Å². The Kier molecular flexibility index (Phi) is 9.31. The van der Waals surface area contributed by atoms with Gasteiger partial charge in [0.1, 0.15) is 10.8 Å². The number of benzene rings is 3. The average Bonchev–Trinajstić information content (AvgIpc) is 2.94. The number of hydrogen-bond acceptors (Lipinski definition) is 6. The van der Waals surface area contributed by atoms with Crippen molar-refractivity contribution in [3.05, 3.63) is 101 Å². The summed E-state index contributed by atoms with van der Waals surface area (Å²) in [6.07, 6.45) is 0.594.